The number of ether oxygens (including phenoxy) is 4. The van der Waals surface area contributed by atoms with Gasteiger partial charge in [0.1, 0.15) is 34.5 Å². The van der Waals surface area contributed by atoms with Crippen LogP contribution in [-0.4, -0.2) is 59.3 Å². The summed E-state index contributed by atoms with van der Waals surface area (Å²) in [6.07, 6.45) is 6.09. The molecule has 0 radical (unpaired) electrons. The summed E-state index contributed by atoms with van der Waals surface area (Å²) in [6.45, 7) is 25.3. The van der Waals surface area contributed by atoms with Crippen molar-refractivity contribution in [3.63, 3.8) is 0 Å². The van der Waals surface area contributed by atoms with E-state index in [4.69, 9.17) is 35.6 Å². The molecule has 1 amide bonds. The Hall–Kier alpha value is -3.53. The molecule has 1 saturated heterocycles. The van der Waals surface area contributed by atoms with Crippen LogP contribution in [0.3, 0.4) is 0 Å². The number of unbranched alkanes of at least 4 members (excludes halogenated alkanes) is 1. The molecule has 0 N–H and O–H groups in total. The number of hydrogen-bond donors (Lipinski definition) is 0. The van der Waals surface area contributed by atoms with Crippen molar-refractivity contribution in [3.05, 3.63) is 35.1 Å². The molecule has 266 valence electrons. The zero-order chi connectivity index (χ0) is 36.2. The summed E-state index contributed by atoms with van der Waals surface area (Å²) in [6, 6.07) is 5.50. The van der Waals surface area contributed by atoms with Crippen LogP contribution in [0.5, 0.6) is 11.5 Å². The van der Waals surface area contributed by atoms with Gasteiger partial charge in [0.2, 0.25) is 0 Å². The van der Waals surface area contributed by atoms with E-state index >= 15 is 0 Å². The van der Waals surface area contributed by atoms with Crippen molar-refractivity contribution < 1.29 is 28.5 Å². The number of rotatable bonds is 9. The van der Waals surface area contributed by atoms with Gasteiger partial charge in [-0.3, -0.25) is 9.69 Å². The van der Waals surface area contributed by atoms with Gasteiger partial charge in [-0.25, -0.2) is 14.5 Å². The zero-order valence-corrected chi connectivity index (χ0v) is 31.8. The number of methoxy groups -OCH3 is 1. The van der Waals surface area contributed by atoms with E-state index in [0.717, 1.165) is 24.2 Å². The Morgan fingerprint density at radius 2 is 1.62 bits per heavy atom. The van der Waals surface area contributed by atoms with E-state index in [-0.39, 0.29) is 11.6 Å². The van der Waals surface area contributed by atoms with Gasteiger partial charge in [-0.05, 0) is 52.2 Å². The maximum absolute atomic E-state index is 12.1. The minimum Gasteiger partial charge on any atom is -0.494 e. The first-order valence-corrected chi connectivity index (χ1v) is 17.3. The standard InChI is InChI=1S/C20H21ClN4O4.C8H16O2.C4H10.2C2H6/c1-4-6-28-16-9-15(17(27-3)8-12(16)2)25-14-10-18(21)22-11-13(14)19(23-25)24-5-7-29-20(24)26;1-5-6-7(9)10-8(2,3)4;1-3-4-2;2*1-2/h8-11H,4-7H2,1-3H3;5-6H2,1-4H3;3-4H2,1-2H3;2*1-2H3. The van der Waals surface area contributed by atoms with Crippen LogP contribution in [0.4, 0.5) is 10.6 Å². The number of esters is 1. The number of carbonyl (C=O) groups is 2. The van der Waals surface area contributed by atoms with Gasteiger partial charge in [0.05, 0.1) is 31.2 Å². The van der Waals surface area contributed by atoms with E-state index in [1.807, 2.05) is 74.4 Å². The Kier molecular flexibility index (Phi) is 21.2. The Morgan fingerprint density at radius 1 is 0.979 bits per heavy atom. The van der Waals surface area contributed by atoms with Crippen LogP contribution in [0.1, 0.15) is 114 Å². The molecule has 0 saturated carbocycles. The topological polar surface area (TPSA) is 105 Å². The van der Waals surface area contributed by atoms with Crippen LogP contribution < -0.4 is 14.4 Å². The molecule has 1 aliphatic rings. The predicted octanol–water partition coefficient (Wildman–Crippen LogP) is 10.1. The summed E-state index contributed by atoms with van der Waals surface area (Å²) in [5, 5.41) is 5.71. The summed E-state index contributed by atoms with van der Waals surface area (Å²) in [5.41, 5.74) is 2.00. The molecule has 47 heavy (non-hydrogen) atoms. The van der Waals surface area contributed by atoms with E-state index in [0.29, 0.717) is 59.5 Å². The molecule has 0 unspecified atom stereocenters. The third-order valence-electron chi connectivity index (χ3n) is 6.07. The number of pyridine rings is 1. The number of benzene rings is 1. The lowest BCUT2D eigenvalue weighted by Gasteiger charge is -2.18. The quantitative estimate of drug-likeness (QED) is 0.163. The summed E-state index contributed by atoms with van der Waals surface area (Å²) in [5.74, 6) is 1.73. The average Bonchev–Trinajstić information content (AvgIpc) is 3.64. The Bertz CT molecular complexity index is 1350. The summed E-state index contributed by atoms with van der Waals surface area (Å²) >= 11 is 6.16. The fourth-order valence-electron chi connectivity index (χ4n) is 3.88. The van der Waals surface area contributed by atoms with Gasteiger partial charge >= 0.3 is 12.1 Å². The van der Waals surface area contributed by atoms with Gasteiger partial charge < -0.3 is 18.9 Å². The lowest BCUT2D eigenvalue weighted by atomic mass is 10.1. The van der Waals surface area contributed by atoms with Crippen LogP contribution >= 0.6 is 11.6 Å². The number of halogens is 1. The van der Waals surface area contributed by atoms with Crippen molar-refractivity contribution >= 4 is 40.4 Å². The molecule has 3 aromatic rings. The molecular formula is C36H59ClN4O6. The second-order valence-electron chi connectivity index (χ2n) is 11.0. The predicted molar refractivity (Wildman–Crippen MR) is 194 cm³/mol. The SMILES string of the molecule is CC.CC.CCCC.CCCC(=O)OC(C)(C)C.CCCOc1cc(-n2nc(N3CCOC3=O)c3cnc(Cl)cc32)c(OC)cc1C. The minimum absolute atomic E-state index is 0.102. The minimum atomic E-state index is -0.436. The number of amides is 1. The van der Waals surface area contributed by atoms with Gasteiger partial charge in [-0.15, -0.1) is 5.10 Å². The fraction of sp³-hybridized carbons (Fsp3) is 0.611. The maximum atomic E-state index is 12.1. The zero-order valence-electron chi connectivity index (χ0n) is 31.1. The summed E-state index contributed by atoms with van der Waals surface area (Å²) in [4.78, 5) is 28.6. The molecule has 1 fully saturated rings. The molecule has 4 rings (SSSR count). The molecule has 0 aliphatic carbocycles. The number of fused-ring (bicyclic) bond motifs is 1. The lowest BCUT2D eigenvalue weighted by Crippen LogP contribution is -2.24. The Balaban J connectivity index is 0.000000982. The number of cyclic esters (lactones) is 1. The van der Waals surface area contributed by atoms with Gasteiger partial charge in [-0.1, -0.05) is 79.8 Å². The summed E-state index contributed by atoms with van der Waals surface area (Å²) in [7, 11) is 1.60. The smallest absolute Gasteiger partial charge is 0.415 e. The second kappa shape index (κ2) is 22.9. The molecule has 2 aromatic heterocycles. The third kappa shape index (κ3) is 14.0. The monoisotopic (exact) mass is 678 g/mol. The molecule has 10 nitrogen and oxygen atoms in total. The van der Waals surface area contributed by atoms with E-state index in [1.54, 1.807) is 24.1 Å². The Labute approximate surface area is 288 Å². The first kappa shape index (κ1) is 43.5. The van der Waals surface area contributed by atoms with Crippen molar-refractivity contribution in [2.24, 2.45) is 0 Å². The molecule has 11 heteroatoms. The lowest BCUT2D eigenvalue weighted by molar-refractivity contribution is -0.154. The molecule has 0 bridgehead atoms. The normalized spacial score (nSPS) is 11.8. The number of anilines is 1. The van der Waals surface area contributed by atoms with E-state index in [1.165, 1.54) is 17.7 Å². The number of hydrogen-bond acceptors (Lipinski definition) is 8. The highest BCUT2D eigenvalue weighted by Crippen LogP contribution is 2.36. The number of aryl methyl sites for hydroxylation is 1. The molecule has 1 aromatic carbocycles. The van der Waals surface area contributed by atoms with Crippen molar-refractivity contribution in [3.8, 4) is 17.2 Å². The van der Waals surface area contributed by atoms with Crippen LogP contribution in [0, 0.1) is 6.92 Å². The highest BCUT2D eigenvalue weighted by atomic mass is 35.5. The largest absolute Gasteiger partial charge is 0.494 e. The van der Waals surface area contributed by atoms with Crippen molar-refractivity contribution in [1.82, 2.24) is 14.8 Å². The van der Waals surface area contributed by atoms with E-state index in [9.17, 15) is 9.59 Å². The number of carbonyl (C=O) groups excluding carboxylic acids is 2. The second-order valence-corrected chi connectivity index (χ2v) is 11.4. The van der Waals surface area contributed by atoms with Gasteiger partial charge in [0, 0.05) is 24.8 Å². The maximum Gasteiger partial charge on any atom is 0.415 e. The van der Waals surface area contributed by atoms with Gasteiger partial charge in [-0.2, -0.15) is 0 Å². The highest BCUT2D eigenvalue weighted by Gasteiger charge is 2.29. The molecule has 0 spiro atoms. The highest BCUT2D eigenvalue weighted by molar-refractivity contribution is 6.30. The van der Waals surface area contributed by atoms with Crippen LogP contribution in [-0.2, 0) is 14.3 Å². The third-order valence-corrected chi connectivity index (χ3v) is 6.28. The first-order chi connectivity index (χ1) is 22.4. The van der Waals surface area contributed by atoms with Crippen LogP contribution in [0.25, 0.3) is 16.6 Å². The van der Waals surface area contributed by atoms with Crippen molar-refractivity contribution in [1.29, 1.82) is 0 Å². The van der Waals surface area contributed by atoms with Crippen molar-refractivity contribution in [2.45, 2.75) is 121 Å². The fourth-order valence-corrected chi connectivity index (χ4v) is 4.04. The van der Waals surface area contributed by atoms with E-state index < -0.39 is 6.09 Å². The van der Waals surface area contributed by atoms with E-state index in [2.05, 4.69) is 25.8 Å². The molecule has 0 atom stereocenters. The van der Waals surface area contributed by atoms with Gasteiger partial charge in [0.25, 0.3) is 0 Å². The van der Waals surface area contributed by atoms with Gasteiger partial charge in [0.15, 0.2) is 5.82 Å². The van der Waals surface area contributed by atoms with Crippen molar-refractivity contribution in [2.75, 3.05) is 31.8 Å². The first-order valence-electron chi connectivity index (χ1n) is 16.9. The van der Waals surface area contributed by atoms with Crippen LogP contribution in [0.15, 0.2) is 24.4 Å². The number of nitrogens with zero attached hydrogens (tertiary/aromatic N) is 4. The average molecular weight is 679 g/mol. The Morgan fingerprint density at radius 3 is 2.11 bits per heavy atom. The molecule has 1 aliphatic heterocycles. The molecular weight excluding hydrogens is 620 g/mol. The number of aromatic nitrogens is 3. The summed E-state index contributed by atoms with van der Waals surface area (Å²) < 4.78 is 23.3. The van der Waals surface area contributed by atoms with Crippen LogP contribution in [0.2, 0.25) is 5.15 Å². The molecule has 3 heterocycles.